The third-order valence-corrected chi connectivity index (χ3v) is 10.9. The van der Waals surface area contributed by atoms with Crippen molar-refractivity contribution in [2.24, 2.45) is 0 Å². The normalized spacial score (nSPS) is 13.1. The minimum absolute atomic E-state index is 0.0757. The van der Waals surface area contributed by atoms with Gasteiger partial charge in [-0.2, -0.15) is 0 Å². The molecule has 4 nitrogen and oxygen atoms in total. The number of nitrogens with one attached hydrogen (secondary N) is 1. The van der Waals surface area contributed by atoms with E-state index >= 15 is 0 Å². The summed E-state index contributed by atoms with van der Waals surface area (Å²) >= 11 is 0. The molecule has 0 saturated carbocycles. The molecule has 1 amide bonds. The minimum atomic E-state index is -0.857. The topological polar surface area (TPSA) is 69.6 Å². The molecule has 0 aliphatic carbocycles. The molecule has 0 aromatic heterocycles. The fourth-order valence-electron chi connectivity index (χ4n) is 7.31. The summed E-state index contributed by atoms with van der Waals surface area (Å²) < 4.78 is 0. The number of aliphatic hydroxyl groups is 2. The lowest BCUT2D eigenvalue weighted by molar-refractivity contribution is -0.123. The highest BCUT2D eigenvalue weighted by atomic mass is 16.3. The second-order valence-corrected chi connectivity index (χ2v) is 16.2. The Hall–Kier alpha value is -1.13. The number of unbranched alkanes of at least 4 members (excludes halogenated alkanes) is 34. The number of rotatable bonds is 43. The van der Waals surface area contributed by atoms with E-state index in [9.17, 15) is 15.0 Å². The zero-order valence-corrected chi connectivity index (χ0v) is 35.3. The van der Waals surface area contributed by atoms with E-state index in [4.69, 9.17) is 0 Å². The monoisotopic (exact) mass is 732 g/mol. The Bertz CT molecular complexity index is 750. The Morgan fingerprint density at radius 1 is 0.442 bits per heavy atom. The summed E-state index contributed by atoms with van der Waals surface area (Å²) in [4.78, 5) is 12.3. The summed E-state index contributed by atoms with van der Waals surface area (Å²) in [6, 6.07) is -0.633. The smallest absolute Gasteiger partial charge is 0.220 e. The molecule has 0 aliphatic heterocycles. The van der Waals surface area contributed by atoms with Crippen molar-refractivity contribution >= 4 is 5.91 Å². The van der Waals surface area contributed by atoms with E-state index in [1.165, 1.54) is 205 Å². The third-order valence-electron chi connectivity index (χ3n) is 10.9. The third kappa shape index (κ3) is 40.1. The van der Waals surface area contributed by atoms with Gasteiger partial charge >= 0.3 is 0 Å². The van der Waals surface area contributed by atoms with Crippen molar-refractivity contribution in [3.05, 3.63) is 24.3 Å². The van der Waals surface area contributed by atoms with Crippen molar-refractivity contribution in [2.75, 3.05) is 6.61 Å². The van der Waals surface area contributed by atoms with Crippen LogP contribution in [0.2, 0.25) is 0 Å². The fourth-order valence-corrected chi connectivity index (χ4v) is 7.31. The van der Waals surface area contributed by atoms with Crippen LogP contribution in [0.1, 0.15) is 258 Å². The standard InChI is InChI=1S/C48H93NO3/c1-3-5-7-9-11-13-14-15-16-17-18-19-20-21-22-23-24-25-26-27-28-29-30-31-32-33-34-36-37-39-41-43-47(51)46(45-50)49-48(52)44-42-40-38-35-12-10-8-6-4-2/h34,36,41,43,46-47,50-51H,3-33,35,37-40,42,44-45H2,1-2H3,(H,49,52)/b36-34+,43-41+. The first-order valence-electron chi connectivity index (χ1n) is 23.6. The van der Waals surface area contributed by atoms with Gasteiger partial charge in [-0.15, -0.1) is 0 Å². The van der Waals surface area contributed by atoms with Crippen molar-refractivity contribution in [3.8, 4) is 0 Å². The molecule has 308 valence electrons. The number of amides is 1. The molecule has 0 saturated heterocycles. The van der Waals surface area contributed by atoms with Crippen molar-refractivity contribution < 1.29 is 15.0 Å². The molecular formula is C48H93NO3. The van der Waals surface area contributed by atoms with E-state index in [1.807, 2.05) is 6.08 Å². The molecule has 0 aromatic carbocycles. The zero-order chi connectivity index (χ0) is 37.8. The van der Waals surface area contributed by atoms with Crippen molar-refractivity contribution in [1.82, 2.24) is 5.32 Å². The van der Waals surface area contributed by atoms with Gasteiger partial charge in [0.25, 0.3) is 0 Å². The van der Waals surface area contributed by atoms with Gasteiger partial charge in [-0.05, 0) is 32.1 Å². The highest BCUT2D eigenvalue weighted by molar-refractivity contribution is 5.76. The molecule has 2 atom stereocenters. The van der Waals surface area contributed by atoms with Crippen LogP contribution in [0.3, 0.4) is 0 Å². The van der Waals surface area contributed by atoms with Crippen LogP contribution < -0.4 is 5.32 Å². The summed E-state index contributed by atoms with van der Waals surface area (Å²) in [6.45, 7) is 4.29. The molecule has 0 spiro atoms. The number of hydrogen-bond acceptors (Lipinski definition) is 3. The van der Waals surface area contributed by atoms with Crippen molar-refractivity contribution in [3.63, 3.8) is 0 Å². The largest absolute Gasteiger partial charge is 0.394 e. The van der Waals surface area contributed by atoms with Gasteiger partial charge in [0.2, 0.25) is 5.91 Å². The molecule has 2 unspecified atom stereocenters. The van der Waals surface area contributed by atoms with Crippen LogP contribution in [-0.2, 0) is 4.79 Å². The molecule has 0 aliphatic rings. The van der Waals surface area contributed by atoms with Gasteiger partial charge < -0.3 is 15.5 Å². The maximum atomic E-state index is 12.3. The Kier molecular flexibility index (Phi) is 43.3. The first kappa shape index (κ1) is 50.9. The lowest BCUT2D eigenvalue weighted by Crippen LogP contribution is -2.45. The number of hydrogen-bond donors (Lipinski definition) is 3. The highest BCUT2D eigenvalue weighted by Gasteiger charge is 2.17. The van der Waals surface area contributed by atoms with E-state index in [1.54, 1.807) is 6.08 Å². The van der Waals surface area contributed by atoms with Crippen molar-refractivity contribution in [1.29, 1.82) is 0 Å². The van der Waals surface area contributed by atoms with Gasteiger partial charge in [0.1, 0.15) is 0 Å². The minimum Gasteiger partial charge on any atom is -0.394 e. The van der Waals surface area contributed by atoms with Crippen molar-refractivity contribution in [2.45, 2.75) is 270 Å². The SMILES string of the molecule is CCCCCCCCCCCCCCCCCCCCCCCCCCC/C=C/CC/C=C/C(O)C(CO)NC(=O)CCCCCCCCCCC. The molecule has 3 N–H and O–H groups in total. The first-order valence-corrected chi connectivity index (χ1v) is 23.6. The summed E-state index contributed by atoms with van der Waals surface area (Å²) in [5.74, 6) is -0.0757. The van der Waals surface area contributed by atoms with Gasteiger partial charge in [0, 0.05) is 6.42 Å². The Labute approximate surface area is 326 Å². The van der Waals surface area contributed by atoms with Crippen LogP contribution in [0.5, 0.6) is 0 Å². The van der Waals surface area contributed by atoms with Crippen LogP contribution in [0.15, 0.2) is 24.3 Å². The molecule has 0 bridgehead atoms. The van der Waals surface area contributed by atoms with Gasteiger partial charge in [-0.25, -0.2) is 0 Å². The van der Waals surface area contributed by atoms with E-state index in [0.29, 0.717) is 6.42 Å². The van der Waals surface area contributed by atoms with Crippen LogP contribution in [0, 0.1) is 0 Å². The van der Waals surface area contributed by atoms with Gasteiger partial charge in [0.15, 0.2) is 0 Å². The molecular weight excluding hydrogens is 639 g/mol. The second-order valence-electron chi connectivity index (χ2n) is 16.2. The van der Waals surface area contributed by atoms with E-state index in [-0.39, 0.29) is 12.5 Å². The zero-order valence-electron chi connectivity index (χ0n) is 35.3. The number of carbonyl (C=O) groups is 1. The number of aliphatic hydroxyl groups excluding tert-OH is 2. The molecule has 0 radical (unpaired) electrons. The maximum absolute atomic E-state index is 12.3. The average Bonchev–Trinajstić information content (AvgIpc) is 3.15. The van der Waals surface area contributed by atoms with E-state index in [0.717, 1.165) is 32.1 Å². The molecule has 52 heavy (non-hydrogen) atoms. The molecule has 0 rings (SSSR count). The molecule has 0 aromatic rings. The molecule has 0 heterocycles. The lowest BCUT2D eigenvalue weighted by Gasteiger charge is -2.19. The number of allylic oxidation sites excluding steroid dienone is 3. The van der Waals surface area contributed by atoms with E-state index in [2.05, 4.69) is 31.3 Å². The Morgan fingerprint density at radius 3 is 1.12 bits per heavy atom. The van der Waals surface area contributed by atoms with Crippen LogP contribution >= 0.6 is 0 Å². The van der Waals surface area contributed by atoms with Gasteiger partial charge in [-0.1, -0.05) is 244 Å². The summed E-state index contributed by atoms with van der Waals surface area (Å²) in [7, 11) is 0. The van der Waals surface area contributed by atoms with Crippen LogP contribution in [0.25, 0.3) is 0 Å². The van der Waals surface area contributed by atoms with Gasteiger partial charge in [0.05, 0.1) is 18.8 Å². The predicted molar refractivity (Wildman–Crippen MR) is 230 cm³/mol. The fraction of sp³-hybridized carbons (Fsp3) is 0.896. The summed E-state index contributed by atoms with van der Waals surface area (Å²) in [6.07, 6.45) is 57.6. The quantitative estimate of drug-likeness (QED) is 0.0432. The lowest BCUT2D eigenvalue weighted by atomic mass is 10.0. The molecule has 4 heteroatoms. The molecule has 0 fully saturated rings. The summed E-state index contributed by atoms with van der Waals surface area (Å²) in [5, 5.41) is 22.9. The first-order chi connectivity index (χ1) is 25.7. The second kappa shape index (κ2) is 44.3. The Balaban J connectivity index is 3.45. The predicted octanol–water partition coefficient (Wildman–Crippen LogP) is 14.8. The average molecular weight is 732 g/mol. The number of carbonyl (C=O) groups excluding carboxylic acids is 1. The van der Waals surface area contributed by atoms with Gasteiger partial charge in [-0.3, -0.25) is 4.79 Å². The summed E-state index contributed by atoms with van der Waals surface area (Å²) in [5.41, 5.74) is 0. The van der Waals surface area contributed by atoms with Crippen LogP contribution in [-0.4, -0.2) is 34.9 Å². The van der Waals surface area contributed by atoms with E-state index < -0.39 is 12.1 Å². The highest BCUT2D eigenvalue weighted by Crippen LogP contribution is 2.16. The van der Waals surface area contributed by atoms with Crippen LogP contribution in [0.4, 0.5) is 0 Å². The maximum Gasteiger partial charge on any atom is 0.220 e. The Morgan fingerprint density at radius 2 is 0.750 bits per heavy atom.